The van der Waals surface area contributed by atoms with Crippen LogP contribution in [-0.2, 0) is 0 Å². The maximum absolute atomic E-state index is 13.6. The van der Waals surface area contributed by atoms with Crippen molar-refractivity contribution in [1.29, 1.82) is 0 Å². The summed E-state index contributed by atoms with van der Waals surface area (Å²) in [7, 11) is 0. The van der Waals surface area contributed by atoms with Gasteiger partial charge >= 0.3 is 0 Å². The summed E-state index contributed by atoms with van der Waals surface area (Å²) in [4.78, 5) is 7.73. The number of nitrogens with one attached hydrogen (secondary N) is 2. The van der Waals surface area contributed by atoms with Crippen molar-refractivity contribution in [3.05, 3.63) is 12.0 Å². The van der Waals surface area contributed by atoms with Crippen LogP contribution in [0.25, 0.3) is 0 Å². The number of hydrogen-bond donors (Lipinski definition) is 3. The monoisotopic (exact) mass is 271 g/mol. The molecule has 2 rings (SSSR count). The number of nitrogen functional groups attached to an aromatic ring is 1. The molecule has 0 radical (unpaired) electrons. The molecule has 7 heteroatoms. The average Bonchev–Trinajstić information content (AvgIpc) is 2.42. The second-order valence-corrected chi connectivity index (χ2v) is 5.42. The molecule has 2 atom stereocenters. The molecule has 0 saturated heterocycles. The van der Waals surface area contributed by atoms with Crippen LogP contribution >= 0.6 is 11.8 Å². The Kier molecular flexibility index (Phi) is 4.60. The third kappa shape index (κ3) is 3.02. The Labute approximate surface area is 110 Å². The van der Waals surface area contributed by atoms with Gasteiger partial charge in [0.15, 0.2) is 11.6 Å². The first kappa shape index (κ1) is 13.4. The van der Waals surface area contributed by atoms with Gasteiger partial charge in [-0.2, -0.15) is 16.7 Å². The highest BCUT2D eigenvalue weighted by Crippen LogP contribution is 2.29. The van der Waals surface area contributed by atoms with Crippen LogP contribution in [0.2, 0.25) is 0 Å². The summed E-state index contributed by atoms with van der Waals surface area (Å²) < 4.78 is 13.6. The number of nitrogens with two attached hydrogens (primary N) is 1. The molecule has 1 aliphatic carbocycles. The van der Waals surface area contributed by atoms with E-state index in [0.29, 0.717) is 5.25 Å². The molecule has 0 aliphatic heterocycles. The van der Waals surface area contributed by atoms with Crippen LogP contribution in [0.3, 0.4) is 0 Å². The van der Waals surface area contributed by atoms with Crippen molar-refractivity contribution in [2.24, 2.45) is 5.84 Å². The van der Waals surface area contributed by atoms with E-state index in [-0.39, 0.29) is 17.8 Å². The lowest BCUT2D eigenvalue weighted by atomic mass is 9.95. The first-order valence-electron chi connectivity index (χ1n) is 6.03. The van der Waals surface area contributed by atoms with Crippen molar-refractivity contribution in [3.63, 3.8) is 0 Å². The van der Waals surface area contributed by atoms with Crippen molar-refractivity contribution in [1.82, 2.24) is 9.97 Å². The van der Waals surface area contributed by atoms with E-state index in [1.165, 1.54) is 12.8 Å². The third-order valence-corrected chi connectivity index (χ3v) is 4.37. The molecule has 0 amide bonds. The van der Waals surface area contributed by atoms with E-state index in [9.17, 15) is 4.39 Å². The lowest BCUT2D eigenvalue weighted by molar-refractivity contribution is 0.471. The molecule has 2 unspecified atom stereocenters. The van der Waals surface area contributed by atoms with E-state index in [4.69, 9.17) is 5.84 Å². The Bertz CT molecular complexity index is 403. The zero-order valence-corrected chi connectivity index (χ0v) is 11.1. The fourth-order valence-electron chi connectivity index (χ4n) is 2.26. The Morgan fingerprint density at radius 1 is 1.44 bits per heavy atom. The van der Waals surface area contributed by atoms with Crippen molar-refractivity contribution < 1.29 is 4.39 Å². The van der Waals surface area contributed by atoms with Gasteiger partial charge in [0.05, 0.1) is 6.20 Å². The molecule has 0 spiro atoms. The number of aromatic nitrogens is 2. The second kappa shape index (κ2) is 6.19. The molecule has 0 aromatic carbocycles. The fourth-order valence-corrected chi connectivity index (χ4v) is 3.19. The molecule has 0 bridgehead atoms. The second-order valence-electron chi connectivity index (χ2n) is 4.34. The summed E-state index contributed by atoms with van der Waals surface area (Å²) >= 11 is 1.82. The zero-order chi connectivity index (χ0) is 13.0. The zero-order valence-electron chi connectivity index (χ0n) is 10.3. The molecular formula is C11H18FN5S. The van der Waals surface area contributed by atoms with E-state index in [1.807, 2.05) is 11.8 Å². The quantitative estimate of drug-likeness (QED) is 0.574. The van der Waals surface area contributed by atoms with E-state index >= 15 is 0 Å². The van der Waals surface area contributed by atoms with Gasteiger partial charge < -0.3 is 5.32 Å². The first-order chi connectivity index (χ1) is 8.74. The van der Waals surface area contributed by atoms with Gasteiger partial charge in [0.1, 0.15) is 0 Å². The van der Waals surface area contributed by atoms with Gasteiger partial charge in [0.25, 0.3) is 0 Å². The van der Waals surface area contributed by atoms with Crippen molar-refractivity contribution in [2.75, 3.05) is 17.0 Å². The Morgan fingerprint density at radius 2 is 2.22 bits per heavy atom. The molecule has 1 aliphatic rings. The molecule has 1 heterocycles. The van der Waals surface area contributed by atoms with E-state index in [1.54, 1.807) is 0 Å². The highest BCUT2D eigenvalue weighted by atomic mass is 32.2. The molecule has 4 N–H and O–H groups in total. The van der Waals surface area contributed by atoms with Gasteiger partial charge in [0.2, 0.25) is 5.95 Å². The summed E-state index contributed by atoms with van der Waals surface area (Å²) in [5, 5.41) is 3.68. The van der Waals surface area contributed by atoms with E-state index in [2.05, 4.69) is 27.0 Å². The standard InChI is InChI=1S/C11H18FN5S/c1-18-9-5-3-2-4-8(9)15-10-7(12)6-14-11(16-10)17-13/h6,8-9H,2-5,13H2,1H3,(H2,14,15,16,17). The van der Waals surface area contributed by atoms with Gasteiger partial charge in [0, 0.05) is 11.3 Å². The minimum absolute atomic E-state index is 0.218. The van der Waals surface area contributed by atoms with Crippen LogP contribution in [0.4, 0.5) is 16.2 Å². The summed E-state index contributed by atoms with van der Waals surface area (Å²) in [6.07, 6.45) is 7.83. The maximum atomic E-state index is 13.6. The fraction of sp³-hybridized carbons (Fsp3) is 0.636. The number of rotatable bonds is 4. The molecule has 1 aromatic rings. The van der Waals surface area contributed by atoms with E-state index in [0.717, 1.165) is 19.0 Å². The SMILES string of the molecule is CSC1CCCCC1Nc1nc(NN)ncc1F. The highest BCUT2D eigenvalue weighted by molar-refractivity contribution is 7.99. The maximum Gasteiger partial charge on any atom is 0.239 e. The third-order valence-electron chi connectivity index (χ3n) is 3.20. The molecule has 1 aromatic heterocycles. The normalized spacial score (nSPS) is 23.7. The van der Waals surface area contributed by atoms with Crippen molar-refractivity contribution in [3.8, 4) is 0 Å². The molecule has 100 valence electrons. The molecule has 5 nitrogen and oxygen atoms in total. The van der Waals surface area contributed by atoms with Gasteiger partial charge in [-0.15, -0.1) is 0 Å². The largest absolute Gasteiger partial charge is 0.364 e. The van der Waals surface area contributed by atoms with Crippen LogP contribution in [-0.4, -0.2) is 27.5 Å². The van der Waals surface area contributed by atoms with Gasteiger partial charge in [-0.3, -0.25) is 5.43 Å². The number of halogens is 1. The summed E-state index contributed by atoms with van der Waals surface area (Å²) in [6, 6.07) is 0.253. The van der Waals surface area contributed by atoms with Crippen LogP contribution < -0.4 is 16.6 Å². The van der Waals surface area contributed by atoms with Crippen LogP contribution in [0.1, 0.15) is 25.7 Å². The summed E-state index contributed by atoms with van der Waals surface area (Å²) in [5.41, 5.74) is 2.32. The lowest BCUT2D eigenvalue weighted by Crippen LogP contribution is -2.35. The van der Waals surface area contributed by atoms with Gasteiger partial charge in [-0.05, 0) is 19.1 Å². The van der Waals surface area contributed by atoms with Crippen LogP contribution in [0, 0.1) is 5.82 Å². The first-order valence-corrected chi connectivity index (χ1v) is 7.32. The molecule has 1 saturated carbocycles. The predicted octanol–water partition coefficient (Wildman–Crippen LogP) is 1.99. The molecular weight excluding hydrogens is 253 g/mol. The van der Waals surface area contributed by atoms with Crippen molar-refractivity contribution >= 4 is 23.5 Å². The predicted molar refractivity (Wildman–Crippen MR) is 73.0 cm³/mol. The lowest BCUT2D eigenvalue weighted by Gasteiger charge is -2.31. The number of hydrogen-bond acceptors (Lipinski definition) is 6. The van der Waals surface area contributed by atoms with Crippen LogP contribution in [0.5, 0.6) is 0 Å². The molecule has 1 fully saturated rings. The Morgan fingerprint density at radius 3 is 2.94 bits per heavy atom. The van der Waals surface area contributed by atoms with Crippen LogP contribution in [0.15, 0.2) is 6.20 Å². The van der Waals surface area contributed by atoms with Crippen molar-refractivity contribution in [2.45, 2.75) is 37.0 Å². The number of thioether (sulfide) groups is 1. The number of hydrazine groups is 1. The number of nitrogens with zero attached hydrogens (tertiary/aromatic N) is 2. The van der Waals surface area contributed by atoms with Gasteiger partial charge in [-0.1, -0.05) is 12.8 Å². The highest BCUT2D eigenvalue weighted by Gasteiger charge is 2.25. The van der Waals surface area contributed by atoms with Gasteiger partial charge in [-0.25, -0.2) is 15.2 Å². The van der Waals surface area contributed by atoms with E-state index < -0.39 is 5.82 Å². The molecule has 18 heavy (non-hydrogen) atoms. The minimum Gasteiger partial charge on any atom is -0.364 e. The average molecular weight is 271 g/mol. The topological polar surface area (TPSA) is 75.9 Å². The summed E-state index contributed by atoms with van der Waals surface area (Å²) in [6.45, 7) is 0. The minimum atomic E-state index is -0.445. The Hall–Kier alpha value is -1.08. The Balaban J connectivity index is 2.11. The smallest absolute Gasteiger partial charge is 0.239 e. The number of anilines is 2. The summed E-state index contributed by atoms with van der Waals surface area (Å²) in [5.74, 6) is 5.22.